The number of thioether (sulfide) groups is 1. The number of hydrogen-bond donors (Lipinski definition) is 0. The molecule has 0 aromatic carbocycles. The molecule has 0 fully saturated rings. The molecule has 0 unspecified atom stereocenters. The standard InChI is InChI=1S/C8H10Cl2N2S3/c1-3-12(4-2)8(13)15-7-11-5(9)6(10)14-7/h3-4H2,1-2H3. The van der Waals surface area contributed by atoms with E-state index in [1.807, 2.05) is 0 Å². The second kappa shape index (κ2) is 6.25. The number of nitrogens with zero attached hydrogens (tertiary/aromatic N) is 2. The van der Waals surface area contributed by atoms with Crippen LogP contribution in [-0.2, 0) is 0 Å². The molecule has 0 saturated heterocycles. The number of thiazole rings is 1. The normalized spacial score (nSPS) is 10.4. The SMILES string of the molecule is CCN(CC)C(=S)Sc1nc(Cl)c(Cl)s1. The van der Waals surface area contributed by atoms with Crippen LogP contribution >= 0.6 is 58.5 Å². The fraction of sp³-hybridized carbons (Fsp3) is 0.500. The van der Waals surface area contributed by atoms with Crippen LogP contribution in [-0.4, -0.2) is 27.3 Å². The lowest BCUT2D eigenvalue weighted by molar-refractivity contribution is 0.482. The van der Waals surface area contributed by atoms with Gasteiger partial charge in [-0.05, 0) is 25.6 Å². The van der Waals surface area contributed by atoms with Crippen LogP contribution in [0.2, 0.25) is 9.49 Å². The van der Waals surface area contributed by atoms with E-state index in [1.165, 1.54) is 23.1 Å². The van der Waals surface area contributed by atoms with Gasteiger partial charge in [-0.15, -0.1) is 0 Å². The molecule has 1 aromatic rings. The molecule has 0 radical (unpaired) electrons. The Labute approximate surface area is 113 Å². The average Bonchev–Trinajstić information content (AvgIpc) is 2.47. The smallest absolute Gasteiger partial charge is 0.160 e. The highest BCUT2D eigenvalue weighted by Crippen LogP contribution is 2.34. The lowest BCUT2D eigenvalue weighted by Crippen LogP contribution is -2.26. The van der Waals surface area contributed by atoms with Gasteiger partial charge in [0, 0.05) is 13.1 Å². The van der Waals surface area contributed by atoms with E-state index in [4.69, 9.17) is 35.4 Å². The van der Waals surface area contributed by atoms with Gasteiger partial charge in [-0.1, -0.05) is 46.8 Å². The van der Waals surface area contributed by atoms with Crippen molar-refractivity contribution in [1.29, 1.82) is 0 Å². The van der Waals surface area contributed by atoms with Crippen LogP contribution in [0.1, 0.15) is 13.8 Å². The Kier molecular flexibility index (Phi) is 5.63. The molecule has 0 N–H and O–H groups in total. The first-order valence-electron chi connectivity index (χ1n) is 4.37. The summed E-state index contributed by atoms with van der Waals surface area (Å²) in [5, 5.41) is 0.353. The Hall–Kier alpha value is 0.450. The third-order valence-electron chi connectivity index (χ3n) is 1.72. The molecule has 7 heteroatoms. The van der Waals surface area contributed by atoms with Crippen molar-refractivity contribution >= 4 is 62.8 Å². The topological polar surface area (TPSA) is 16.1 Å². The van der Waals surface area contributed by atoms with Crippen LogP contribution in [0.15, 0.2) is 4.34 Å². The highest BCUT2D eigenvalue weighted by molar-refractivity contribution is 8.23. The van der Waals surface area contributed by atoms with Crippen molar-refractivity contribution in [3.63, 3.8) is 0 Å². The van der Waals surface area contributed by atoms with Crippen molar-refractivity contribution in [2.24, 2.45) is 0 Å². The summed E-state index contributed by atoms with van der Waals surface area (Å²) in [6.45, 7) is 5.93. The van der Waals surface area contributed by atoms with Crippen LogP contribution in [0.5, 0.6) is 0 Å². The maximum atomic E-state index is 5.81. The molecule has 15 heavy (non-hydrogen) atoms. The summed E-state index contributed by atoms with van der Waals surface area (Å²) < 4.78 is 2.12. The molecule has 0 saturated carbocycles. The van der Waals surface area contributed by atoms with Gasteiger partial charge >= 0.3 is 0 Å². The predicted molar refractivity (Wildman–Crippen MR) is 73.5 cm³/mol. The first-order chi connectivity index (χ1) is 7.08. The van der Waals surface area contributed by atoms with E-state index in [0.29, 0.717) is 9.49 Å². The quantitative estimate of drug-likeness (QED) is 0.615. The van der Waals surface area contributed by atoms with Crippen LogP contribution < -0.4 is 0 Å². The van der Waals surface area contributed by atoms with E-state index < -0.39 is 0 Å². The summed E-state index contributed by atoms with van der Waals surface area (Å²) in [5.74, 6) is 0. The first kappa shape index (κ1) is 13.5. The Morgan fingerprint density at radius 2 is 2.07 bits per heavy atom. The summed E-state index contributed by atoms with van der Waals surface area (Å²) in [4.78, 5) is 6.19. The molecule has 0 atom stereocenters. The molecule has 0 aliphatic carbocycles. The number of rotatable bonds is 3. The van der Waals surface area contributed by atoms with Gasteiger partial charge in [0.25, 0.3) is 0 Å². The number of thiocarbonyl (C=S) groups is 1. The fourth-order valence-corrected chi connectivity index (χ4v) is 4.03. The summed E-state index contributed by atoms with van der Waals surface area (Å²) >= 11 is 19.6. The largest absolute Gasteiger partial charge is 0.358 e. The summed E-state index contributed by atoms with van der Waals surface area (Å²) in [6, 6.07) is 0. The zero-order valence-electron chi connectivity index (χ0n) is 8.29. The Morgan fingerprint density at radius 1 is 1.47 bits per heavy atom. The Morgan fingerprint density at radius 3 is 2.47 bits per heavy atom. The molecule has 0 bridgehead atoms. The third-order valence-corrected chi connectivity index (χ3v) is 4.96. The maximum Gasteiger partial charge on any atom is 0.160 e. The van der Waals surface area contributed by atoms with E-state index in [2.05, 4.69) is 23.7 Å². The van der Waals surface area contributed by atoms with Gasteiger partial charge in [-0.3, -0.25) is 0 Å². The number of hydrogen-bond acceptors (Lipinski definition) is 4. The van der Waals surface area contributed by atoms with Crippen molar-refractivity contribution in [2.75, 3.05) is 13.1 Å². The number of halogens is 2. The van der Waals surface area contributed by atoms with E-state index >= 15 is 0 Å². The maximum absolute atomic E-state index is 5.81. The summed E-state index contributed by atoms with van der Waals surface area (Å²) in [5.41, 5.74) is 0. The molecule has 0 aliphatic rings. The van der Waals surface area contributed by atoms with Gasteiger partial charge < -0.3 is 4.90 Å². The van der Waals surface area contributed by atoms with Gasteiger partial charge in [-0.2, -0.15) is 0 Å². The summed E-state index contributed by atoms with van der Waals surface area (Å²) in [6.07, 6.45) is 0. The molecule has 1 rings (SSSR count). The first-order valence-corrected chi connectivity index (χ1v) is 7.16. The van der Waals surface area contributed by atoms with E-state index in [-0.39, 0.29) is 0 Å². The zero-order chi connectivity index (χ0) is 11.4. The van der Waals surface area contributed by atoms with Crippen LogP contribution in [0, 0.1) is 0 Å². The average molecular weight is 301 g/mol. The van der Waals surface area contributed by atoms with Crippen molar-refractivity contribution in [3.05, 3.63) is 9.49 Å². The van der Waals surface area contributed by atoms with Crippen molar-refractivity contribution in [3.8, 4) is 0 Å². The van der Waals surface area contributed by atoms with Gasteiger partial charge in [0.1, 0.15) is 8.66 Å². The van der Waals surface area contributed by atoms with E-state index in [0.717, 1.165) is 21.7 Å². The van der Waals surface area contributed by atoms with Crippen molar-refractivity contribution in [1.82, 2.24) is 9.88 Å². The fourth-order valence-electron chi connectivity index (χ4n) is 0.930. The lowest BCUT2D eigenvalue weighted by Gasteiger charge is -2.19. The van der Waals surface area contributed by atoms with Crippen LogP contribution in [0.4, 0.5) is 0 Å². The molecular weight excluding hydrogens is 291 g/mol. The minimum Gasteiger partial charge on any atom is -0.358 e. The third kappa shape index (κ3) is 3.75. The van der Waals surface area contributed by atoms with Gasteiger partial charge in [-0.25, -0.2) is 4.98 Å². The van der Waals surface area contributed by atoms with Gasteiger partial charge in [0.2, 0.25) is 0 Å². The van der Waals surface area contributed by atoms with Crippen molar-refractivity contribution in [2.45, 2.75) is 18.2 Å². The molecular formula is C8H10Cl2N2S3. The minimum atomic E-state index is 0.353. The zero-order valence-corrected chi connectivity index (χ0v) is 12.3. The molecule has 1 heterocycles. The van der Waals surface area contributed by atoms with E-state index in [1.54, 1.807) is 0 Å². The van der Waals surface area contributed by atoms with Gasteiger partial charge in [0.05, 0.1) is 0 Å². The molecule has 0 aliphatic heterocycles. The highest BCUT2D eigenvalue weighted by Gasteiger charge is 2.12. The highest BCUT2D eigenvalue weighted by atomic mass is 35.5. The van der Waals surface area contributed by atoms with Crippen molar-refractivity contribution < 1.29 is 0 Å². The second-order valence-electron chi connectivity index (χ2n) is 2.58. The molecule has 0 spiro atoms. The number of aromatic nitrogens is 1. The van der Waals surface area contributed by atoms with Gasteiger partial charge in [0.15, 0.2) is 9.49 Å². The molecule has 0 amide bonds. The molecule has 84 valence electrons. The van der Waals surface area contributed by atoms with E-state index in [9.17, 15) is 0 Å². The Balaban J connectivity index is 2.65. The monoisotopic (exact) mass is 300 g/mol. The second-order valence-corrected chi connectivity index (χ2v) is 6.42. The minimum absolute atomic E-state index is 0.353. The lowest BCUT2D eigenvalue weighted by atomic mass is 10.6. The van der Waals surface area contributed by atoms with Crippen LogP contribution in [0.25, 0.3) is 0 Å². The predicted octanol–water partition coefficient (Wildman–Crippen LogP) is 4.17. The molecule has 1 aromatic heterocycles. The summed E-state index contributed by atoms with van der Waals surface area (Å²) in [7, 11) is 0. The Bertz CT molecular complexity index is 330. The van der Waals surface area contributed by atoms with Crippen LogP contribution in [0.3, 0.4) is 0 Å². The molecule has 2 nitrogen and oxygen atoms in total.